The lowest BCUT2D eigenvalue weighted by molar-refractivity contribution is -0.137. The van der Waals surface area contributed by atoms with Gasteiger partial charge in [-0.3, -0.25) is 4.79 Å². The molecular formula is C14H13N5O2. The number of fused-ring (bicyclic) bond motifs is 1. The lowest BCUT2D eigenvalue weighted by atomic mass is 10.2. The predicted octanol–water partition coefficient (Wildman–Crippen LogP) is 1.92. The van der Waals surface area contributed by atoms with Crippen LogP contribution < -0.4 is 0 Å². The van der Waals surface area contributed by atoms with Gasteiger partial charge in [0.2, 0.25) is 5.82 Å². The number of para-hydroxylation sites is 1. The summed E-state index contributed by atoms with van der Waals surface area (Å²) < 4.78 is 1.49. The second kappa shape index (κ2) is 5.28. The Hall–Kier alpha value is -2.83. The fraction of sp³-hybridized carbons (Fsp3) is 0.214. The van der Waals surface area contributed by atoms with Gasteiger partial charge in [-0.2, -0.15) is 0 Å². The van der Waals surface area contributed by atoms with E-state index in [9.17, 15) is 4.79 Å². The summed E-state index contributed by atoms with van der Waals surface area (Å²) in [7, 11) is 0. The van der Waals surface area contributed by atoms with Crippen LogP contribution in [0.5, 0.6) is 0 Å². The monoisotopic (exact) mass is 283 g/mol. The number of aliphatic carboxylic acids is 1. The number of aromatic nitrogens is 5. The van der Waals surface area contributed by atoms with Crippen LogP contribution in [0.25, 0.3) is 22.4 Å². The molecule has 1 atom stereocenters. The molecule has 1 N–H and O–H groups in total. The molecule has 0 saturated carbocycles. The van der Waals surface area contributed by atoms with Gasteiger partial charge in [0.1, 0.15) is 5.69 Å². The van der Waals surface area contributed by atoms with Gasteiger partial charge in [-0.15, -0.1) is 5.10 Å². The topological polar surface area (TPSA) is 93.8 Å². The van der Waals surface area contributed by atoms with Crippen molar-refractivity contribution in [3.63, 3.8) is 0 Å². The van der Waals surface area contributed by atoms with E-state index in [-0.39, 0.29) is 12.5 Å². The molecule has 0 aliphatic heterocycles. The fourth-order valence-electron chi connectivity index (χ4n) is 2.19. The largest absolute Gasteiger partial charge is 0.481 e. The molecule has 1 aromatic carbocycles. The van der Waals surface area contributed by atoms with Crippen molar-refractivity contribution in [1.82, 2.24) is 25.2 Å². The average Bonchev–Trinajstić information content (AvgIpc) is 2.95. The molecule has 3 rings (SSSR count). The van der Waals surface area contributed by atoms with Gasteiger partial charge in [0.25, 0.3) is 0 Å². The van der Waals surface area contributed by atoms with Crippen molar-refractivity contribution in [2.24, 2.45) is 0 Å². The van der Waals surface area contributed by atoms with Crippen molar-refractivity contribution >= 4 is 16.9 Å². The average molecular weight is 283 g/mol. The molecule has 21 heavy (non-hydrogen) atoms. The third kappa shape index (κ3) is 2.58. The first-order valence-electron chi connectivity index (χ1n) is 6.51. The summed E-state index contributed by atoms with van der Waals surface area (Å²) in [4.78, 5) is 15.4. The van der Waals surface area contributed by atoms with E-state index in [1.54, 1.807) is 6.92 Å². The van der Waals surface area contributed by atoms with Crippen molar-refractivity contribution in [2.75, 3.05) is 0 Å². The molecule has 3 aromatic rings. The molecule has 0 spiro atoms. The van der Waals surface area contributed by atoms with E-state index in [1.807, 2.05) is 36.4 Å². The summed E-state index contributed by atoms with van der Waals surface area (Å²) in [6.45, 7) is 1.76. The van der Waals surface area contributed by atoms with E-state index in [1.165, 1.54) is 4.68 Å². The Morgan fingerprint density at radius 1 is 1.29 bits per heavy atom. The second-order valence-electron chi connectivity index (χ2n) is 4.78. The van der Waals surface area contributed by atoms with E-state index < -0.39 is 5.97 Å². The van der Waals surface area contributed by atoms with Crippen LogP contribution >= 0.6 is 0 Å². The van der Waals surface area contributed by atoms with Gasteiger partial charge in [0.05, 0.1) is 18.0 Å². The highest BCUT2D eigenvalue weighted by molar-refractivity contribution is 5.80. The fourth-order valence-corrected chi connectivity index (χ4v) is 2.19. The first-order chi connectivity index (χ1) is 10.1. The van der Waals surface area contributed by atoms with Crippen LogP contribution in [0, 0.1) is 0 Å². The van der Waals surface area contributed by atoms with Gasteiger partial charge in [0, 0.05) is 5.39 Å². The molecule has 0 radical (unpaired) electrons. The van der Waals surface area contributed by atoms with Crippen molar-refractivity contribution < 1.29 is 9.90 Å². The Morgan fingerprint density at radius 2 is 2.10 bits per heavy atom. The molecule has 7 nitrogen and oxygen atoms in total. The lowest BCUT2D eigenvalue weighted by Gasteiger charge is -2.10. The maximum absolute atomic E-state index is 10.8. The molecule has 0 aliphatic rings. The molecule has 0 fully saturated rings. The summed E-state index contributed by atoms with van der Waals surface area (Å²) >= 11 is 0. The van der Waals surface area contributed by atoms with E-state index in [0.29, 0.717) is 11.5 Å². The number of carbonyl (C=O) groups is 1. The number of tetrazole rings is 1. The summed E-state index contributed by atoms with van der Waals surface area (Å²) in [5.41, 5.74) is 1.46. The Kier molecular flexibility index (Phi) is 3.31. The van der Waals surface area contributed by atoms with Gasteiger partial charge < -0.3 is 5.11 Å². The lowest BCUT2D eigenvalue weighted by Crippen LogP contribution is -2.13. The van der Waals surface area contributed by atoms with Crippen LogP contribution in [0.4, 0.5) is 0 Å². The maximum atomic E-state index is 10.8. The highest BCUT2D eigenvalue weighted by atomic mass is 16.4. The van der Waals surface area contributed by atoms with E-state index in [4.69, 9.17) is 5.11 Å². The Labute approximate surface area is 120 Å². The molecule has 1 unspecified atom stereocenters. The SMILES string of the molecule is CC(CC(=O)O)n1nnnc1-c1ccc2ccccc2n1. The minimum Gasteiger partial charge on any atom is -0.481 e. The number of benzene rings is 1. The molecule has 0 amide bonds. The van der Waals surface area contributed by atoms with Crippen molar-refractivity contribution in [2.45, 2.75) is 19.4 Å². The van der Waals surface area contributed by atoms with Gasteiger partial charge >= 0.3 is 5.97 Å². The normalized spacial score (nSPS) is 12.4. The highest BCUT2D eigenvalue weighted by Gasteiger charge is 2.18. The van der Waals surface area contributed by atoms with Crippen LogP contribution in [-0.2, 0) is 4.79 Å². The number of nitrogens with zero attached hydrogens (tertiary/aromatic N) is 5. The van der Waals surface area contributed by atoms with Crippen molar-refractivity contribution in [3.05, 3.63) is 36.4 Å². The summed E-state index contributed by atoms with van der Waals surface area (Å²) in [6.07, 6.45) is -0.0500. The number of pyridine rings is 1. The van der Waals surface area contributed by atoms with Crippen molar-refractivity contribution in [3.8, 4) is 11.5 Å². The van der Waals surface area contributed by atoms with Gasteiger partial charge in [-0.1, -0.05) is 24.3 Å². The maximum Gasteiger partial charge on any atom is 0.305 e. The molecule has 0 saturated heterocycles. The van der Waals surface area contributed by atoms with E-state index >= 15 is 0 Å². The standard InChI is InChI=1S/C14H13N5O2/c1-9(8-13(20)21)19-14(16-17-18-19)12-7-6-10-4-2-3-5-11(10)15-12/h2-7,9H,8H2,1H3,(H,20,21). The minimum atomic E-state index is -0.893. The highest BCUT2D eigenvalue weighted by Crippen LogP contribution is 2.21. The van der Waals surface area contributed by atoms with E-state index in [0.717, 1.165) is 10.9 Å². The van der Waals surface area contributed by atoms with Crippen LogP contribution in [0.15, 0.2) is 36.4 Å². The second-order valence-corrected chi connectivity index (χ2v) is 4.78. The number of hydrogen-bond acceptors (Lipinski definition) is 5. The van der Waals surface area contributed by atoms with Gasteiger partial charge in [-0.05, 0) is 29.5 Å². The number of carboxylic acids is 1. The first kappa shape index (κ1) is 13.2. The van der Waals surface area contributed by atoms with Crippen LogP contribution in [0.1, 0.15) is 19.4 Å². The molecule has 2 heterocycles. The molecule has 106 valence electrons. The summed E-state index contributed by atoms with van der Waals surface area (Å²) in [5, 5.41) is 21.4. The zero-order valence-corrected chi connectivity index (χ0v) is 11.3. The van der Waals surface area contributed by atoms with Gasteiger partial charge in [-0.25, -0.2) is 9.67 Å². The molecular weight excluding hydrogens is 270 g/mol. The van der Waals surface area contributed by atoms with Crippen molar-refractivity contribution in [1.29, 1.82) is 0 Å². The molecule has 0 bridgehead atoms. The number of carboxylic acid groups (broad SMARTS) is 1. The smallest absolute Gasteiger partial charge is 0.305 e. The zero-order chi connectivity index (χ0) is 14.8. The van der Waals surface area contributed by atoms with E-state index in [2.05, 4.69) is 20.5 Å². The molecule has 7 heteroatoms. The van der Waals surface area contributed by atoms with Crippen LogP contribution in [0.2, 0.25) is 0 Å². The number of rotatable bonds is 4. The minimum absolute atomic E-state index is 0.0500. The van der Waals surface area contributed by atoms with Crippen LogP contribution in [-0.4, -0.2) is 36.3 Å². The Balaban J connectivity index is 2.03. The van der Waals surface area contributed by atoms with Crippen LogP contribution in [0.3, 0.4) is 0 Å². The Morgan fingerprint density at radius 3 is 2.90 bits per heavy atom. The molecule has 2 aromatic heterocycles. The molecule has 0 aliphatic carbocycles. The predicted molar refractivity (Wildman–Crippen MR) is 75.5 cm³/mol. The Bertz CT molecular complexity index is 799. The third-order valence-corrected chi connectivity index (χ3v) is 3.21. The number of hydrogen-bond donors (Lipinski definition) is 1. The quantitative estimate of drug-likeness (QED) is 0.786. The first-order valence-corrected chi connectivity index (χ1v) is 6.51. The zero-order valence-electron chi connectivity index (χ0n) is 11.3. The summed E-state index contributed by atoms with van der Waals surface area (Å²) in [5.74, 6) is -0.426. The van der Waals surface area contributed by atoms with Gasteiger partial charge in [0.15, 0.2) is 0 Å². The third-order valence-electron chi connectivity index (χ3n) is 3.21. The summed E-state index contributed by atoms with van der Waals surface area (Å²) in [6, 6.07) is 11.2.